The van der Waals surface area contributed by atoms with Crippen molar-refractivity contribution in [2.75, 3.05) is 27.4 Å². The number of Topliss-reactive ketones (excluding diaryl/α,β-unsaturated/α-hetero) is 1. The van der Waals surface area contributed by atoms with E-state index in [1.54, 1.807) is 17.0 Å². The number of rotatable bonds is 15. The number of pyridine rings is 1. The average molecular weight is 635 g/mol. The van der Waals surface area contributed by atoms with Crippen molar-refractivity contribution in [3.8, 4) is 23.1 Å². The first-order valence-corrected chi connectivity index (χ1v) is 13.7. The number of hydrogen-bond donors (Lipinski definition) is 2. The number of thiophene rings is 1. The van der Waals surface area contributed by atoms with Crippen LogP contribution in [0.5, 0.6) is 23.1 Å². The van der Waals surface area contributed by atoms with E-state index < -0.39 is 11.9 Å². The molecule has 1 aromatic carbocycles. The molecule has 0 spiro atoms. The van der Waals surface area contributed by atoms with Gasteiger partial charge in [-0.15, -0.1) is 11.3 Å². The van der Waals surface area contributed by atoms with Gasteiger partial charge in [0.05, 0.1) is 45.2 Å². The first-order valence-electron chi connectivity index (χ1n) is 12.9. The third kappa shape index (κ3) is 9.80. The molecule has 2 N–H and O–H groups in total. The summed E-state index contributed by atoms with van der Waals surface area (Å²) in [5, 5.41) is 18.4. The quantitative estimate of drug-likeness (QED) is 0.144. The van der Waals surface area contributed by atoms with Crippen LogP contribution in [0.1, 0.15) is 52.9 Å². The number of carboxylic acids is 2. The molecule has 4 rings (SSSR count). The number of methoxy groups -OCH3 is 2. The molecule has 0 saturated carbocycles. The summed E-state index contributed by atoms with van der Waals surface area (Å²) in [7, 11) is 3.03. The number of hydrogen-bond acceptors (Lipinski definition) is 10. The maximum absolute atomic E-state index is 12.4. The molecule has 222 valence electrons. The monoisotopic (exact) mass is 634 g/mol. The first-order chi connectivity index (χ1) is 19.7. The molecule has 0 atom stereocenters. The topological polar surface area (TPSA) is 162 Å². The molecule has 0 bridgehead atoms. The number of carboxylic acid groups (broad SMARTS) is 2. The van der Waals surface area contributed by atoms with Gasteiger partial charge in [-0.2, -0.15) is 4.98 Å². The van der Waals surface area contributed by atoms with Gasteiger partial charge in [0, 0.05) is 37.7 Å². The zero-order chi connectivity index (χ0) is 29.5. The fourth-order valence-corrected chi connectivity index (χ4v) is 5.28. The van der Waals surface area contributed by atoms with Crippen LogP contribution in [0, 0.1) is 0 Å². The first kappa shape index (κ1) is 36.8. The summed E-state index contributed by atoms with van der Waals surface area (Å²) < 4.78 is 22.7. The van der Waals surface area contributed by atoms with Crippen molar-refractivity contribution in [3.63, 3.8) is 0 Å². The van der Waals surface area contributed by atoms with Crippen molar-refractivity contribution in [1.82, 2.24) is 9.88 Å². The normalized spacial score (nSPS) is 11.6. The Hall–Kier alpha value is -2.39. The van der Waals surface area contributed by atoms with Crippen LogP contribution in [-0.4, -0.2) is 130 Å². The number of aliphatic carboxylic acids is 2. The minimum absolute atomic E-state index is 0. The molecule has 0 saturated heterocycles. The number of nitrogens with zero attached hydrogens (tertiary/aromatic N) is 2. The van der Waals surface area contributed by atoms with Gasteiger partial charge >= 0.3 is 71.1 Å². The van der Waals surface area contributed by atoms with Gasteiger partial charge in [0.25, 0.3) is 5.88 Å². The Morgan fingerprint density at radius 1 is 0.814 bits per heavy atom. The van der Waals surface area contributed by atoms with Crippen molar-refractivity contribution < 1.29 is 48.3 Å². The third-order valence-corrected chi connectivity index (χ3v) is 7.49. The van der Waals surface area contributed by atoms with E-state index in [9.17, 15) is 19.2 Å². The van der Waals surface area contributed by atoms with Gasteiger partial charge in [0.2, 0.25) is 5.91 Å². The second kappa shape index (κ2) is 17.2. The zero-order valence-corrected chi connectivity index (χ0v) is 23.5. The number of fused-ring (bicyclic) bond motifs is 2. The van der Waals surface area contributed by atoms with Crippen LogP contribution in [0.25, 0.3) is 10.2 Å². The van der Waals surface area contributed by atoms with Crippen molar-refractivity contribution in [1.29, 1.82) is 0 Å². The van der Waals surface area contributed by atoms with Gasteiger partial charge in [0.15, 0.2) is 23.0 Å². The Morgan fingerprint density at radius 2 is 1.42 bits per heavy atom. The number of carbonyl (C=O) groups is 4. The number of ether oxygens (including phenoxy) is 4. The van der Waals surface area contributed by atoms with E-state index in [2.05, 4.69) is 4.98 Å². The van der Waals surface area contributed by atoms with Crippen LogP contribution in [0.15, 0.2) is 24.3 Å². The zero-order valence-electron chi connectivity index (χ0n) is 22.6. The number of carbonyl (C=O) groups excluding carboxylic acids is 2. The molecule has 12 nitrogen and oxygen atoms in total. The van der Waals surface area contributed by atoms with E-state index in [-0.39, 0.29) is 109 Å². The summed E-state index contributed by atoms with van der Waals surface area (Å²) in [5.41, 5.74) is 1.84. The molecule has 0 radical (unpaired) electrons. The number of aromatic nitrogens is 1. The fourth-order valence-electron chi connectivity index (χ4n) is 4.30. The van der Waals surface area contributed by atoms with E-state index in [4.69, 9.17) is 29.2 Å². The molecular weight excluding hydrogens is 602 g/mol. The molecule has 15 heteroatoms. The van der Waals surface area contributed by atoms with Crippen LogP contribution in [-0.2, 0) is 27.5 Å². The standard InChI is InChI=1S/C28H30N2O10S.2Na.2H/c1-37-20-11-17-14-30(24(32)5-7-26(35)36)15-18(17)12-21(20)39-8-3-9-40-27-22(38-2)10-16-13-23(41-28(16)29-27)19(31)4-6-25(33)34;;;;/h10-13H,3-9,14-15H2,1-2H3,(H,33,34)(H,35,36);;;;. The maximum atomic E-state index is 12.4. The second-order valence-electron chi connectivity index (χ2n) is 9.28. The van der Waals surface area contributed by atoms with Crippen molar-refractivity contribution in [2.45, 2.75) is 45.2 Å². The van der Waals surface area contributed by atoms with Gasteiger partial charge in [-0.25, -0.2) is 0 Å². The fraction of sp³-hybridized carbons (Fsp3) is 0.393. The van der Waals surface area contributed by atoms with Gasteiger partial charge in [-0.05, 0) is 35.4 Å². The molecule has 43 heavy (non-hydrogen) atoms. The summed E-state index contributed by atoms with van der Waals surface area (Å²) in [6.07, 6.45) is -0.0598. The molecule has 0 unspecified atom stereocenters. The third-order valence-electron chi connectivity index (χ3n) is 6.40. The SMILES string of the molecule is COc1cc2c(cc1OCCCOc1nc3sc(C(=O)CCC(=O)O)cc3cc1OC)CN(C(=O)CCC(=O)O)C2.[NaH].[NaH]. The van der Waals surface area contributed by atoms with Crippen molar-refractivity contribution in [3.05, 3.63) is 40.3 Å². The minimum atomic E-state index is -1.03. The molecule has 1 aliphatic heterocycles. The number of ketones is 1. The molecule has 3 heterocycles. The molecule has 1 amide bonds. The summed E-state index contributed by atoms with van der Waals surface area (Å²) in [5.74, 6) is -0.763. The van der Waals surface area contributed by atoms with Crippen LogP contribution >= 0.6 is 11.3 Å². The van der Waals surface area contributed by atoms with Gasteiger partial charge in [-0.1, -0.05) is 0 Å². The Balaban J connectivity index is 0.00000323. The number of amides is 1. The molecule has 0 aliphatic carbocycles. The van der Waals surface area contributed by atoms with Gasteiger partial charge < -0.3 is 34.1 Å². The van der Waals surface area contributed by atoms with E-state index in [0.717, 1.165) is 11.1 Å². The Morgan fingerprint density at radius 3 is 2.05 bits per heavy atom. The van der Waals surface area contributed by atoms with E-state index in [1.807, 2.05) is 12.1 Å². The summed E-state index contributed by atoms with van der Waals surface area (Å²) in [4.78, 5) is 53.3. The van der Waals surface area contributed by atoms with Crippen molar-refractivity contribution >= 4 is 104 Å². The molecule has 1 aliphatic rings. The van der Waals surface area contributed by atoms with E-state index >= 15 is 0 Å². The van der Waals surface area contributed by atoms with Crippen LogP contribution in [0.4, 0.5) is 0 Å². The number of benzene rings is 1. The molecule has 3 aromatic rings. The second-order valence-corrected chi connectivity index (χ2v) is 10.3. The summed E-state index contributed by atoms with van der Waals surface area (Å²) in [6, 6.07) is 7.07. The van der Waals surface area contributed by atoms with Crippen LogP contribution < -0.4 is 18.9 Å². The Bertz CT molecular complexity index is 1480. The van der Waals surface area contributed by atoms with Gasteiger partial charge in [-0.3, -0.25) is 19.2 Å². The van der Waals surface area contributed by atoms with Crippen molar-refractivity contribution in [2.24, 2.45) is 0 Å². The Labute approximate surface area is 296 Å². The molecular formula is C28H32N2Na2O10S. The van der Waals surface area contributed by atoms with E-state index in [0.29, 0.717) is 58.5 Å². The molecule has 2 aromatic heterocycles. The van der Waals surface area contributed by atoms with Crippen LogP contribution in [0.2, 0.25) is 0 Å². The predicted octanol–water partition coefficient (Wildman–Crippen LogP) is 2.62. The van der Waals surface area contributed by atoms with Crippen LogP contribution in [0.3, 0.4) is 0 Å². The predicted molar refractivity (Wildman–Crippen MR) is 161 cm³/mol. The average Bonchev–Trinajstić information content (AvgIpc) is 3.56. The van der Waals surface area contributed by atoms with Gasteiger partial charge in [0.1, 0.15) is 4.83 Å². The summed E-state index contributed by atoms with van der Waals surface area (Å²) >= 11 is 1.17. The summed E-state index contributed by atoms with van der Waals surface area (Å²) in [6.45, 7) is 1.34. The molecule has 0 fully saturated rings. The Kier molecular flexibility index (Phi) is 14.7. The van der Waals surface area contributed by atoms with E-state index in [1.165, 1.54) is 25.6 Å².